The van der Waals surface area contributed by atoms with E-state index in [2.05, 4.69) is 0 Å². The van der Waals surface area contributed by atoms with Gasteiger partial charge in [0.25, 0.3) is 0 Å². The van der Waals surface area contributed by atoms with Gasteiger partial charge in [-0.1, -0.05) is 12.1 Å². The minimum atomic E-state index is -5.58. The number of anilines is 1. The number of hydrogen-bond donors (Lipinski definition) is 1. The average molecular weight is 243 g/mol. The van der Waals surface area contributed by atoms with Crippen LogP contribution in [0.4, 0.5) is 27.6 Å². The predicted octanol–water partition coefficient (Wildman–Crippen LogP) is 3.52. The number of rotatable bonds is 2. The third kappa shape index (κ3) is 2.74. The second-order valence-corrected chi connectivity index (χ2v) is 3.81. The molecule has 0 aliphatic carbocycles. The Hall–Kier alpha value is -0.980. The van der Waals surface area contributed by atoms with E-state index in [1.165, 1.54) is 18.2 Å². The van der Waals surface area contributed by atoms with Crippen LogP contribution < -0.4 is 5.73 Å². The first-order valence-corrected chi connectivity index (χ1v) is 4.54. The summed E-state index contributed by atoms with van der Waals surface area (Å²) in [7, 11) is 0. The maximum absolute atomic E-state index is 12.6. The Morgan fingerprint density at radius 2 is 1.53 bits per heavy atom. The molecule has 0 aliphatic rings. The van der Waals surface area contributed by atoms with Gasteiger partial charge in [-0.25, -0.2) is 0 Å². The van der Waals surface area contributed by atoms with E-state index >= 15 is 0 Å². The normalized spacial score (nSPS) is 12.9. The maximum atomic E-state index is 12.6. The smallest absolute Gasteiger partial charge is 0.398 e. The quantitative estimate of drug-likeness (QED) is 0.488. The van der Waals surface area contributed by atoms with Crippen molar-refractivity contribution in [1.29, 1.82) is 0 Å². The lowest BCUT2D eigenvalue weighted by molar-refractivity contribution is -0.237. The Balaban J connectivity index is 2.92. The molecular formula is C8H6F5NS. The molecule has 15 heavy (non-hydrogen) atoms. The zero-order valence-electron chi connectivity index (χ0n) is 7.18. The minimum Gasteiger partial charge on any atom is -0.398 e. The first kappa shape index (κ1) is 12.1. The van der Waals surface area contributed by atoms with E-state index in [-0.39, 0.29) is 10.6 Å². The van der Waals surface area contributed by atoms with E-state index in [9.17, 15) is 22.0 Å². The number of thioether (sulfide) groups is 1. The molecule has 0 bridgehead atoms. The molecule has 84 valence electrons. The molecule has 0 unspecified atom stereocenters. The van der Waals surface area contributed by atoms with Crippen molar-refractivity contribution < 1.29 is 22.0 Å². The van der Waals surface area contributed by atoms with E-state index in [1.54, 1.807) is 0 Å². The molecule has 0 spiro atoms. The molecule has 1 aromatic rings. The highest BCUT2D eigenvalue weighted by molar-refractivity contribution is 8.00. The fourth-order valence-corrected chi connectivity index (χ4v) is 1.49. The predicted molar refractivity (Wildman–Crippen MR) is 47.7 cm³/mol. The summed E-state index contributed by atoms with van der Waals surface area (Å²) in [4.78, 5) is -0.292. The highest BCUT2D eigenvalue weighted by Crippen LogP contribution is 2.48. The molecule has 0 atom stereocenters. The van der Waals surface area contributed by atoms with E-state index in [0.29, 0.717) is 0 Å². The summed E-state index contributed by atoms with van der Waals surface area (Å²) in [5, 5.41) is -4.83. The number of nitrogens with two attached hydrogens (primary N) is 1. The van der Waals surface area contributed by atoms with Crippen molar-refractivity contribution in [3.8, 4) is 0 Å². The van der Waals surface area contributed by atoms with Crippen molar-refractivity contribution in [2.24, 2.45) is 0 Å². The van der Waals surface area contributed by atoms with Crippen LogP contribution in [-0.4, -0.2) is 11.4 Å². The van der Waals surface area contributed by atoms with Gasteiger partial charge in [0.1, 0.15) is 0 Å². The number of halogens is 5. The monoisotopic (exact) mass is 243 g/mol. The molecule has 0 fully saturated rings. The molecule has 1 rings (SSSR count). The summed E-state index contributed by atoms with van der Waals surface area (Å²) in [5.41, 5.74) is 5.14. The second-order valence-electron chi connectivity index (χ2n) is 2.65. The molecule has 1 nitrogen and oxygen atoms in total. The van der Waals surface area contributed by atoms with Crippen molar-refractivity contribution in [3.63, 3.8) is 0 Å². The Morgan fingerprint density at radius 3 is 2.00 bits per heavy atom. The Bertz CT molecular complexity index is 349. The van der Waals surface area contributed by atoms with Crippen LogP contribution in [0.5, 0.6) is 0 Å². The first-order valence-electron chi connectivity index (χ1n) is 3.72. The number of para-hydroxylation sites is 1. The van der Waals surface area contributed by atoms with Crippen LogP contribution in [0.3, 0.4) is 0 Å². The van der Waals surface area contributed by atoms with E-state index in [4.69, 9.17) is 5.73 Å². The molecule has 7 heteroatoms. The van der Waals surface area contributed by atoms with Crippen molar-refractivity contribution in [3.05, 3.63) is 24.3 Å². The van der Waals surface area contributed by atoms with Gasteiger partial charge in [0.15, 0.2) is 0 Å². The third-order valence-electron chi connectivity index (χ3n) is 1.49. The molecule has 0 radical (unpaired) electrons. The Morgan fingerprint density at radius 1 is 1.00 bits per heavy atom. The number of hydrogen-bond acceptors (Lipinski definition) is 2. The van der Waals surface area contributed by atoms with Crippen molar-refractivity contribution in [1.82, 2.24) is 0 Å². The topological polar surface area (TPSA) is 26.0 Å². The van der Waals surface area contributed by atoms with Gasteiger partial charge in [-0.3, -0.25) is 0 Å². The van der Waals surface area contributed by atoms with Crippen LogP contribution in [0.2, 0.25) is 0 Å². The fourth-order valence-electron chi connectivity index (χ4n) is 0.769. The van der Waals surface area contributed by atoms with Gasteiger partial charge in [-0.2, -0.15) is 22.0 Å². The maximum Gasteiger partial charge on any atom is 0.464 e. The molecule has 1 aromatic carbocycles. The molecule has 0 amide bonds. The van der Waals surface area contributed by atoms with Crippen LogP contribution >= 0.6 is 11.8 Å². The number of nitrogen functional groups attached to an aromatic ring is 1. The van der Waals surface area contributed by atoms with Crippen LogP contribution in [0.25, 0.3) is 0 Å². The minimum absolute atomic E-state index is 0.105. The summed E-state index contributed by atoms with van der Waals surface area (Å²) in [6, 6.07) is 5.16. The fraction of sp³-hybridized carbons (Fsp3) is 0.250. The lowest BCUT2D eigenvalue weighted by Gasteiger charge is -2.19. The first-order chi connectivity index (χ1) is 6.74. The lowest BCUT2D eigenvalue weighted by Crippen LogP contribution is -2.32. The van der Waals surface area contributed by atoms with Gasteiger partial charge in [-0.15, -0.1) is 0 Å². The zero-order chi connectivity index (χ0) is 11.7. The summed E-state index contributed by atoms with van der Waals surface area (Å²) in [6.45, 7) is 0. The summed E-state index contributed by atoms with van der Waals surface area (Å²) in [6.07, 6.45) is -5.58. The Labute approximate surface area is 86.5 Å². The molecular weight excluding hydrogens is 237 g/mol. The van der Waals surface area contributed by atoms with Gasteiger partial charge in [0.2, 0.25) is 0 Å². The molecule has 0 saturated heterocycles. The van der Waals surface area contributed by atoms with E-state index < -0.39 is 23.2 Å². The molecule has 0 saturated carbocycles. The van der Waals surface area contributed by atoms with Gasteiger partial charge in [-0.05, 0) is 23.9 Å². The Kier molecular flexibility index (Phi) is 3.13. The number of benzene rings is 1. The van der Waals surface area contributed by atoms with Gasteiger partial charge in [0, 0.05) is 10.6 Å². The summed E-state index contributed by atoms with van der Waals surface area (Å²) >= 11 is -0.604. The highest BCUT2D eigenvalue weighted by Gasteiger charge is 2.58. The van der Waals surface area contributed by atoms with Crippen LogP contribution in [-0.2, 0) is 0 Å². The summed E-state index contributed by atoms with van der Waals surface area (Å²) in [5.74, 6) is 0. The molecule has 0 heterocycles. The molecule has 2 N–H and O–H groups in total. The van der Waals surface area contributed by atoms with E-state index in [1.807, 2.05) is 0 Å². The van der Waals surface area contributed by atoms with Crippen LogP contribution in [0, 0.1) is 0 Å². The standard InChI is InChI=1S/C8H6F5NS/c9-7(10,11)8(12,13)15-6-4-2-1-3-5(6)14/h1-4H,14H2. The SMILES string of the molecule is Nc1ccccc1SC(F)(F)C(F)(F)F. The van der Waals surface area contributed by atoms with Gasteiger partial charge < -0.3 is 5.73 Å². The largest absolute Gasteiger partial charge is 0.464 e. The van der Waals surface area contributed by atoms with E-state index in [0.717, 1.165) is 6.07 Å². The van der Waals surface area contributed by atoms with Crippen LogP contribution in [0.15, 0.2) is 29.2 Å². The van der Waals surface area contributed by atoms with Crippen molar-refractivity contribution in [2.75, 3.05) is 5.73 Å². The highest BCUT2D eigenvalue weighted by atomic mass is 32.2. The second kappa shape index (κ2) is 3.88. The lowest BCUT2D eigenvalue weighted by atomic mass is 10.3. The van der Waals surface area contributed by atoms with Crippen LogP contribution in [0.1, 0.15) is 0 Å². The molecule has 0 aromatic heterocycles. The van der Waals surface area contributed by atoms with Gasteiger partial charge in [0.05, 0.1) is 0 Å². The molecule has 0 aliphatic heterocycles. The summed E-state index contributed by atoms with van der Waals surface area (Å²) < 4.78 is 60.7. The van der Waals surface area contributed by atoms with Crippen molar-refractivity contribution >= 4 is 17.4 Å². The van der Waals surface area contributed by atoms with Gasteiger partial charge >= 0.3 is 11.4 Å². The third-order valence-corrected chi connectivity index (χ3v) is 2.57. The van der Waals surface area contributed by atoms with Crippen molar-refractivity contribution in [2.45, 2.75) is 16.3 Å². The number of alkyl halides is 5. The average Bonchev–Trinajstić information content (AvgIpc) is 2.06. The zero-order valence-corrected chi connectivity index (χ0v) is 8.00.